The molecular formula is C23H28FN3O3. The van der Waals surface area contributed by atoms with Crippen molar-refractivity contribution >= 4 is 11.7 Å². The molecule has 1 aromatic carbocycles. The Kier molecular flexibility index (Phi) is 7.65. The lowest BCUT2D eigenvalue weighted by molar-refractivity contribution is -0.132. The van der Waals surface area contributed by atoms with Crippen molar-refractivity contribution in [1.82, 2.24) is 14.8 Å². The standard InChI is InChI=1S/C23H28FN3O3/c1-26(23(29)12-17-6-7-20(16-30-2)25-14-17)21-8-10-27(11-9-21)15-22(28)18-4-3-5-19(24)13-18/h3-7,13-14,21H,8-12,15-16H2,1-2H3. The van der Waals surface area contributed by atoms with Gasteiger partial charge in [-0.25, -0.2) is 4.39 Å². The van der Waals surface area contributed by atoms with Gasteiger partial charge in [-0.1, -0.05) is 18.2 Å². The maximum atomic E-state index is 13.3. The van der Waals surface area contributed by atoms with Crippen LogP contribution in [0.5, 0.6) is 0 Å². The van der Waals surface area contributed by atoms with Crippen LogP contribution in [0.3, 0.4) is 0 Å². The second kappa shape index (κ2) is 10.4. The molecule has 1 saturated heterocycles. The summed E-state index contributed by atoms with van der Waals surface area (Å²) in [4.78, 5) is 33.2. The Morgan fingerprint density at radius 3 is 2.63 bits per heavy atom. The highest BCUT2D eigenvalue weighted by Crippen LogP contribution is 2.17. The molecule has 1 aliphatic heterocycles. The average molecular weight is 413 g/mol. The van der Waals surface area contributed by atoms with Gasteiger partial charge in [0.1, 0.15) is 5.82 Å². The Bertz CT molecular complexity index is 864. The minimum Gasteiger partial charge on any atom is -0.378 e. The first-order valence-electron chi connectivity index (χ1n) is 10.2. The van der Waals surface area contributed by atoms with Gasteiger partial charge in [0.25, 0.3) is 0 Å². The van der Waals surface area contributed by atoms with Gasteiger partial charge in [0, 0.05) is 45.0 Å². The lowest BCUT2D eigenvalue weighted by Gasteiger charge is -2.36. The first kappa shape index (κ1) is 22.1. The number of carbonyl (C=O) groups excluding carboxylic acids is 2. The summed E-state index contributed by atoms with van der Waals surface area (Å²) in [5, 5.41) is 0. The minimum absolute atomic E-state index is 0.0607. The van der Waals surface area contributed by atoms with E-state index in [0.717, 1.165) is 37.2 Å². The second-order valence-corrected chi connectivity index (χ2v) is 7.71. The van der Waals surface area contributed by atoms with Gasteiger partial charge in [-0.05, 0) is 36.6 Å². The number of rotatable bonds is 8. The number of benzene rings is 1. The number of piperidine rings is 1. The average Bonchev–Trinajstić information content (AvgIpc) is 2.75. The van der Waals surface area contributed by atoms with E-state index in [2.05, 4.69) is 9.88 Å². The predicted molar refractivity (Wildman–Crippen MR) is 112 cm³/mol. The molecular weight excluding hydrogens is 385 g/mol. The molecule has 0 atom stereocenters. The van der Waals surface area contributed by atoms with Gasteiger partial charge in [0.2, 0.25) is 5.91 Å². The zero-order valence-electron chi connectivity index (χ0n) is 17.5. The first-order valence-corrected chi connectivity index (χ1v) is 10.2. The fourth-order valence-corrected chi connectivity index (χ4v) is 3.72. The smallest absolute Gasteiger partial charge is 0.227 e. The number of likely N-dealkylation sites (tertiary alicyclic amines) is 1. The fraction of sp³-hybridized carbons (Fsp3) is 0.435. The van der Waals surface area contributed by atoms with Crippen molar-refractivity contribution in [2.24, 2.45) is 0 Å². The maximum Gasteiger partial charge on any atom is 0.227 e. The number of Topliss-reactive ketones (excluding diaryl/α,β-unsaturated/α-hetero) is 1. The Hall–Kier alpha value is -2.64. The molecule has 7 heteroatoms. The van der Waals surface area contributed by atoms with Crippen LogP contribution in [-0.2, 0) is 22.6 Å². The monoisotopic (exact) mass is 413 g/mol. The number of methoxy groups -OCH3 is 1. The van der Waals surface area contributed by atoms with Gasteiger partial charge >= 0.3 is 0 Å². The van der Waals surface area contributed by atoms with Crippen molar-refractivity contribution in [2.75, 3.05) is 33.8 Å². The van der Waals surface area contributed by atoms with Gasteiger partial charge < -0.3 is 9.64 Å². The second-order valence-electron chi connectivity index (χ2n) is 7.71. The third-order valence-corrected chi connectivity index (χ3v) is 5.55. The quantitative estimate of drug-likeness (QED) is 0.623. The summed E-state index contributed by atoms with van der Waals surface area (Å²) in [5.41, 5.74) is 2.11. The Morgan fingerprint density at radius 1 is 1.23 bits per heavy atom. The van der Waals surface area contributed by atoms with Crippen LogP contribution < -0.4 is 0 Å². The number of halogens is 1. The number of ketones is 1. The summed E-state index contributed by atoms with van der Waals surface area (Å²) in [6.45, 7) is 2.19. The van der Waals surface area contributed by atoms with Crippen LogP contribution >= 0.6 is 0 Å². The molecule has 3 rings (SSSR count). The van der Waals surface area contributed by atoms with Crippen molar-refractivity contribution in [2.45, 2.75) is 31.9 Å². The number of carbonyl (C=O) groups is 2. The van der Waals surface area contributed by atoms with Gasteiger partial charge in [-0.15, -0.1) is 0 Å². The molecule has 1 aromatic heterocycles. The molecule has 0 saturated carbocycles. The highest BCUT2D eigenvalue weighted by atomic mass is 19.1. The van der Waals surface area contributed by atoms with Crippen LogP contribution in [-0.4, -0.2) is 66.3 Å². The van der Waals surface area contributed by atoms with Crippen molar-refractivity contribution in [3.8, 4) is 0 Å². The number of amides is 1. The van der Waals surface area contributed by atoms with E-state index >= 15 is 0 Å². The van der Waals surface area contributed by atoms with Crippen LogP contribution in [0, 0.1) is 5.82 Å². The van der Waals surface area contributed by atoms with Crippen LogP contribution in [0.25, 0.3) is 0 Å². The van der Waals surface area contributed by atoms with Crippen molar-refractivity contribution in [3.05, 3.63) is 65.2 Å². The largest absolute Gasteiger partial charge is 0.378 e. The molecule has 2 aromatic rings. The summed E-state index contributed by atoms with van der Waals surface area (Å²) >= 11 is 0. The molecule has 0 bridgehead atoms. The minimum atomic E-state index is -0.400. The van der Waals surface area contributed by atoms with Crippen molar-refractivity contribution < 1.29 is 18.7 Å². The molecule has 6 nitrogen and oxygen atoms in total. The number of likely N-dealkylation sites (N-methyl/N-ethyl adjacent to an activating group) is 1. The normalized spacial score (nSPS) is 15.2. The molecule has 30 heavy (non-hydrogen) atoms. The van der Waals surface area contributed by atoms with E-state index in [0.29, 0.717) is 18.6 Å². The number of nitrogens with zero attached hydrogens (tertiary/aromatic N) is 3. The van der Waals surface area contributed by atoms with Crippen LogP contribution in [0.1, 0.15) is 34.5 Å². The SMILES string of the molecule is COCc1ccc(CC(=O)N(C)C2CCN(CC(=O)c3cccc(F)c3)CC2)cn1. The molecule has 160 valence electrons. The molecule has 0 N–H and O–H groups in total. The van der Waals surface area contributed by atoms with Gasteiger partial charge in [0.05, 0.1) is 25.3 Å². The highest BCUT2D eigenvalue weighted by Gasteiger charge is 2.26. The third-order valence-electron chi connectivity index (χ3n) is 5.55. The first-order chi connectivity index (χ1) is 14.5. The van der Waals surface area contributed by atoms with Crippen LogP contribution in [0.2, 0.25) is 0 Å². The lowest BCUT2D eigenvalue weighted by Crippen LogP contribution is -2.47. The molecule has 1 amide bonds. The zero-order chi connectivity index (χ0) is 21.5. The van der Waals surface area contributed by atoms with E-state index in [-0.39, 0.29) is 24.3 Å². The molecule has 1 aliphatic rings. The van der Waals surface area contributed by atoms with E-state index in [1.54, 1.807) is 25.4 Å². The van der Waals surface area contributed by atoms with Crippen LogP contribution in [0.15, 0.2) is 42.6 Å². The van der Waals surface area contributed by atoms with Crippen molar-refractivity contribution in [1.29, 1.82) is 0 Å². The number of pyridine rings is 1. The summed E-state index contributed by atoms with van der Waals surface area (Å²) < 4.78 is 18.4. The topological polar surface area (TPSA) is 62.7 Å². The Balaban J connectivity index is 1.46. The molecule has 2 heterocycles. The molecule has 1 fully saturated rings. The number of ether oxygens (including phenoxy) is 1. The van der Waals surface area contributed by atoms with E-state index in [4.69, 9.17) is 4.74 Å². The number of aromatic nitrogens is 1. The van der Waals surface area contributed by atoms with Gasteiger partial charge in [0.15, 0.2) is 5.78 Å². The Morgan fingerprint density at radius 2 is 2.00 bits per heavy atom. The predicted octanol–water partition coefficient (Wildman–Crippen LogP) is 2.72. The molecule has 0 spiro atoms. The zero-order valence-corrected chi connectivity index (χ0v) is 17.5. The lowest BCUT2D eigenvalue weighted by atomic mass is 10.0. The molecule has 0 aliphatic carbocycles. The van der Waals surface area contributed by atoms with E-state index in [1.807, 2.05) is 24.1 Å². The van der Waals surface area contributed by atoms with Crippen LogP contribution in [0.4, 0.5) is 4.39 Å². The third kappa shape index (κ3) is 5.93. The number of hydrogen-bond acceptors (Lipinski definition) is 5. The summed E-state index contributed by atoms with van der Waals surface area (Å²) in [6, 6.07) is 9.74. The van der Waals surface area contributed by atoms with Gasteiger partial charge in [-0.3, -0.25) is 19.5 Å². The Labute approximate surface area is 176 Å². The summed E-state index contributed by atoms with van der Waals surface area (Å²) in [5.74, 6) is -0.421. The number of hydrogen-bond donors (Lipinski definition) is 0. The highest BCUT2D eigenvalue weighted by molar-refractivity contribution is 5.97. The molecule has 0 unspecified atom stereocenters. The van der Waals surface area contributed by atoms with E-state index in [9.17, 15) is 14.0 Å². The summed E-state index contributed by atoms with van der Waals surface area (Å²) in [6.07, 6.45) is 3.66. The van der Waals surface area contributed by atoms with E-state index in [1.165, 1.54) is 12.1 Å². The summed E-state index contributed by atoms with van der Waals surface area (Å²) in [7, 11) is 3.46. The molecule has 0 radical (unpaired) electrons. The maximum absolute atomic E-state index is 13.3. The fourth-order valence-electron chi connectivity index (χ4n) is 3.72. The van der Waals surface area contributed by atoms with Gasteiger partial charge in [-0.2, -0.15) is 0 Å². The van der Waals surface area contributed by atoms with E-state index < -0.39 is 5.82 Å². The van der Waals surface area contributed by atoms with Crippen molar-refractivity contribution in [3.63, 3.8) is 0 Å².